The Labute approximate surface area is 219 Å². The number of carbonyl (C=O) groups excluding carboxylic acids is 2. The van der Waals surface area contributed by atoms with Crippen molar-refractivity contribution in [1.29, 1.82) is 0 Å². The number of hydrogen-bond acceptors (Lipinski definition) is 5. The van der Waals surface area contributed by atoms with Crippen LogP contribution in [0, 0.1) is 5.41 Å². The summed E-state index contributed by atoms with van der Waals surface area (Å²) in [6.07, 6.45) is 6.55. The van der Waals surface area contributed by atoms with E-state index in [0.29, 0.717) is 11.6 Å². The van der Waals surface area contributed by atoms with Gasteiger partial charge in [-0.15, -0.1) is 0 Å². The first kappa shape index (κ1) is 26.4. The first-order valence-electron chi connectivity index (χ1n) is 12.8. The van der Waals surface area contributed by atoms with Gasteiger partial charge in [0.25, 0.3) is 0 Å². The van der Waals surface area contributed by atoms with Crippen LogP contribution < -0.4 is 5.32 Å². The molecule has 36 heavy (non-hydrogen) atoms. The third-order valence-corrected chi connectivity index (χ3v) is 7.42. The first-order chi connectivity index (χ1) is 17.1. The molecule has 1 aromatic heterocycles. The number of aromatic nitrogens is 1. The van der Waals surface area contributed by atoms with Gasteiger partial charge in [-0.1, -0.05) is 29.8 Å². The molecule has 8 heteroatoms. The van der Waals surface area contributed by atoms with Crippen LogP contribution in [-0.4, -0.2) is 58.6 Å². The molecule has 0 radical (unpaired) electrons. The fraction of sp³-hybridized carbons (Fsp3) is 0.536. The summed E-state index contributed by atoms with van der Waals surface area (Å²) in [4.78, 5) is 34.4. The van der Waals surface area contributed by atoms with E-state index in [1.54, 1.807) is 6.20 Å². The molecule has 0 saturated carbocycles. The summed E-state index contributed by atoms with van der Waals surface area (Å²) >= 11 is 6.23. The number of alkyl carbamates (subject to hydrolysis) is 1. The van der Waals surface area contributed by atoms with Crippen LogP contribution in [-0.2, 0) is 16.1 Å². The molecule has 2 fully saturated rings. The third kappa shape index (κ3) is 6.77. The van der Waals surface area contributed by atoms with E-state index in [-0.39, 0.29) is 17.4 Å². The molecule has 2 aliphatic heterocycles. The molecule has 4 rings (SSSR count). The zero-order valence-electron chi connectivity index (χ0n) is 21.5. The lowest BCUT2D eigenvalue weighted by atomic mass is 9.77. The van der Waals surface area contributed by atoms with Crippen LogP contribution >= 0.6 is 11.6 Å². The lowest BCUT2D eigenvalue weighted by Gasteiger charge is -2.38. The van der Waals surface area contributed by atoms with Gasteiger partial charge in [0, 0.05) is 37.1 Å². The summed E-state index contributed by atoms with van der Waals surface area (Å²) in [5.41, 5.74) is 1.23. The second-order valence-corrected chi connectivity index (χ2v) is 11.4. The summed E-state index contributed by atoms with van der Waals surface area (Å²) in [5, 5.41) is 3.67. The van der Waals surface area contributed by atoms with Crippen molar-refractivity contribution >= 4 is 23.6 Å². The van der Waals surface area contributed by atoms with Crippen molar-refractivity contribution in [3.63, 3.8) is 0 Å². The van der Waals surface area contributed by atoms with Gasteiger partial charge in [0.2, 0.25) is 5.91 Å². The summed E-state index contributed by atoms with van der Waals surface area (Å²) in [5.74, 6) is 0.286. The van der Waals surface area contributed by atoms with E-state index >= 15 is 0 Å². The average molecular weight is 513 g/mol. The maximum Gasteiger partial charge on any atom is 0.408 e. The second-order valence-electron chi connectivity index (χ2n) is 11.0. The highest BCUT2D eigenvalue weighted by molar-refractivity contribution is 6.30. The lowest BCUT2D eigenvalue weighted by Crippen LogP contribution is -2.45. The molecule has 2 saturated heterocycles. The molecule has 194 valence electrons. The molecular formula is C28H37ClN4O3. The highest BCUT2D eigenvalue weighted by Gasteiger charge is 2.47. The van der Waals surface area contributed by atoms with Gasteiger partial charge < -0.3 is 19.9 Å². The van der Waals surface area contributed by atoms with Gasteiger partial charge in [0.1, 0.15) is 5.60 Å². The van der Waals surface area contributed by atoms with Crippen LogP contribution in [0.4, 0.5) is 4.79 Å². The molecule has 2 aromatic rings. The van der Waals surface area contributed by atoms with E-state index in [1.807, 2.05) is 68.3 Å². The molecule has 1 N–H and O–H groups in total. The number of carbonyl (C=O) groups is 2. The maximum absolute atomic E-state index is 13.3. The van der Waals surface area contributed by atoms with Gasteiger partial charge in [-0.2, -0.15) is 0 Å². The number of halogens is 1. The van der Waals surface area contributed by atoms with Gasteiger partial charge in [-0.05, 0) is 88.9 Å². The van der Waals surface area contributed by atoms with Crippen molar-refractivity contribution in [3.8, 4) is 0 Å². The zero-order valence-corrected chi connectivity index (χ0v) is 22.3. The number of benzene rings is 1. The molecule has 1 spiro atoms. The third-order valence-electron chi connectivity index (χ3n) is 7.19. The van der Waals surface area contributed by atoms with Gasteiger partial charge >= 0.3 is 6.09 Å². The maximum atomic E-state index is 13.3. The smallest absolute Gasteiger partial charge is 0.408 e. The molecular weight excluding hydrogens is 476 g/mol. The Kier molecular flexibility index (Phi) is 8.20. The van der Waals surface area contributed by atoms with Crippen LogP contribution in [0.3, 0.4) is 0 Å². The van der Waals surface area contributed by atoms with Crippen molar-refractivity contribution in [2.45, 2.75) is 64.6 Å². The van der Waals surface area contributed by atoms with Gasteiger partial charge in [0.05, 0.1) is 11.5 Å². The fourth-order valence-electron chi connectivity index (χ4n) is 5.23. The van der Waals surface area contributed by atoms with Crippen molar-refractivity contribution in [3.05, 3.63) is 64.9 Å². The van der Waals surface area contributed by atoms with Gasteiger partial charge in [-0.25, -0.2) is 4.79 Å². The Balaban J connectivity index is 1.33. The van der Waals surface area contributed by atoms with E-state index in [9.17, 15) is 9.59 Å². The van der Waals surface area contributed by atoms with E-state index in [0.717, 1.165) is 63.0 Å². The summed E-state index contributed by atoms with van der Waals surface area (Å²) in [6, 6.07) is 11.3. The van der Waals surface area contributed by atoms with Crippen LogP contribution in [0.1, 0.15) is 63.6 Å². The zero-order chi connectivity index (χ0) is 25.8. The van der Waals surface area contributed by atoms with Gasteiger partial charge in [-0.3, -0.25) is 9.78 Å². The van der Waals surface area contributed by atoms with Crippen LogP contribution in [0.15, 0.2) is 48.8 Å². The number of amides is 2. The standard InChI is InChI=1S/C28H37ClN4O3/c1-27(2,3)36-26(35)31-24(22-7-4-8-23(29)18-22)9-14-32-15-10-28(11-16-32)12-17-33(25(28)34)20-21-6-5-13-30-19-21/h4-8,13,18-19,24H,9-12,14-17,20H2,1-3H3,(H,31,35). The number of piperidine rings is 1. The SMILES string of the molecule is CC(C)(C)OC(=O)NC(CCN1CCC2(CC1)CCN(Cc1cccnc1)C2=O)c1cccc(Cl)c1. The van der Waals surface area contributed by atoms with Crippen LogP contribution in [0.2, 0.25) is 5.02 Å². The molecule has 1 aromatic carbocycles. The first-order valence-corrected chi connectivity index (χ1v) is 13.2. The van der Waals surface area contributed by atoms with Crippen molar-refractivity contribution in [2.75, 3.05) is 26.2 Å². The Morgan fingerprint density at radius 1 is 1.17 bits per heavy atom. The monoisotopic (exact) mass is 512 g/mol. The van der Waals surface area contributed by atoms with Crippen molar-refractivity contribution in [1.82, 2.24) is 20.1 Å². The Bertz CT molecular complexity index is 1050. The average Bonchev–Trinajstić information content (AvgIpc) is 3.12. The molecule has 1 atom stereocenters. The molecule has 3 heterocycles. The topological polar surface area (TPSA) is 74.8 Å². The molecule has 0 aliphatic carbocycles. The number of ether oxygens (including phenoxy) is 1. The van der Waals surface area contributed by atoms with Crippen LogP contribution in [0.5, 0.6) is 0 Å². The fourth-order valence-corrected chi connectivity index (χ4v) is 5.43. The van der Waals surface area contributed by atoms with Crippen LogP contribution in [0.25, 0.3) is 0 Å². The number of rotatable bonds is 7. The van der Waals surface area contributed by atoms with Crippen molar-refractivity contribution < 1.29 is 14.3 Å². The molecule has 0 bridgehead atoms. The summed E-state index contributed by atoms with van der Waals surface area (Å²) < 4.78 is 5.50. The minimum Gasteiger partial charge on any atom is -0.444 e. The number of likely N-dealkylation sites (tertiary alicyclic amines) is 2. The second kappa shape index (κ2) is 11.2. The Morgan fingerprint density at radius 2 is 1.92 bits per heavy atom. The minimum absolute atomic E-state index is 0.211. The number of nitrogens with zero attached hydrogens (tertiary/aromatic N) is 3. The molecule has 7 nitrogen and oxygen atoms in total. The molecule has 2 aliphatic rings. The van der Waals surface area contributed by atoms with Gasteiger partial charge in [0.15, 0.2) is 0 Å². The molecule has 2 amide bonds. The number of hydrogen-bond donors (Lipinski definition) is 1. The lowest BCUT2D eigenvalue weighted by molar-refractivity contribution is -0.138. The van der Waals surface area contributed by atoms with E-state index in [2.05, 4.69) is 15.2 Å². The molecule has 1 unspecified atom stereocenters. The highest BCUT2D eigenvalue weighted by atomic mass is 35.5. The Hall–Kier alpha value is -2.64. The minimum atomic E-state index is -0.567. The largest absolute Gasteiger partial charge is 0.444 e. The predicted octanol–water partition coefficient (Wildman–Crippen LogP) is 5.21. The summed E-state index contributed by atoms with van der Waals surface area (Å²) in [7, 11) is 0. The van der Waals surface area contributed by atoms with E-state index in [4.69, 9.17) is 16.3 Å². The van der Waals surface area contributed by atoms with E-state index < -0.39 is 11.7 Å². The normalized spacial score (nSPS) is 18.9. The Morgan fingerprint density at radius 3 is 2.58 bits per heavy atom. The van der Waals surface area contributed by atoms with E-state index in [1.165, 1.54) is 0 Å². The number of nitrogens with one attached hydrogen (secondary N) is 1. The predicted molar refractivity (Wildman–Crippen MR) is 141 cm³/mol. The van der Waals surface area contributed by atoms with Crippen molar-refractivity contribution in [2.24, 2.45) is 5.41 Å². The highest BCUT2D eigenvalue weighted by Crippen LogP contribution is 2.42. The number of pyridine rings is 1. The summed E-state index contributed by atoms with van der Waals surface area (Å²) in [6.45, 7) is 9.57. The quantitative estimate of drug-likeness (QED) is 0.551.